The number of nitrogens with one attached hydrogen (secondary N) is 1. The van der Waals surface area contributed by atoms with Gasteiger partial charge in [0.2, 0.25) is 5.91 Å². The molecule has 1 saturated heterocycles. The number of nitrogens with zero attached hydrogens (tertiary/aromatic N) is 1. The standard InChI is InChI=1S/C26H30N2O5S/c1-7-18(5)33-20-9-8-19(12-21(20)32-6)13-22-25(30)28(26(31)34-22)14-23(29)27-24-16(3)10-15(2)11-17(24)4/h8-13,18H,7,14H2,1-6H3,(H,27,29)/b22-13-/t18-/m0/s1. The summed E-state index contributed by atoms with van der Waals surface area (Å²) in [4.78, 5) is 39.2. The summed E-state index contributed by atoms with van der Waals surface area (Å²) in [6, 6.07) is 9.27. The van der Waals surface area contributed by atoms with E-state index in [4.69, 9.17) is 9.47 Å². The number of methoxy groups -OCH3 is 1. The Morgan fingerprint density at radius 3 is 2.41 bits per heavy atom. The monoisotopic (exact) mass is 482 g/mol. The van der Waals surface area contributed by atoms with Gasteiger partial charge in [0, 0.05) is 5.69 Å². The molecule has 0 spiro atoms. The maximum atomic E-state index is 12.9. The van der Waals surface area contributed by atoms with E-state index in [9.17, 15) is 14.4 Å². The number of anilines is 1. The zero-order valence-electron chi connectivity index (χ0n) is 20.4. The highest BCUT2D eigenvalue weighted by Gasteiger charge is 2.36. The molecule has 7 nitrogen and oxygen atoms in total. The molecule has 3 rings (SSSR count). The van der Waals surface area contributed by atoms with Gasteiger partial charge in [-0.05, 0) is 80.8 Å². The molecule has 1 fully saturated rings. The number of hydrogen-bond acceptors (Lipinski definition) is 6. The average Bonchev–Trinajstić information content (AvgIpc) is 3.04. The van der Waals surface area contributed by atoms with Crippen LogP contribution in [0.1, 0.15) is 42.5 Å². The number of benzene rings is 2. The van der Waals surface area contributed by atoms with E-state index in [0.29, 0.717) is 22.7 Å². The summed E-state index contributed by atoms with van der Waals surface area (Å²) in [5.74, 6) is 0.227. The minimum atomic E-state index is -0.499. The number of aryl methyl sites for hydroxylation is 3. The van der Waals surface area contributed by atoms with Gasteiger partial charge in [-0.2, -0.15) is 0 Å². The number of ether oxygens (including phenoxy) is 2. The van der Waals surface area contributed by atoms with Crippen LogP contribution in [0.3, 0.4) is 0 Å². The largest absolute Gasteiger partial charge is 0.493 e. The Kier molecular flexibility index (Phi) is 8.04. The molecule has 0 aliphatic carbocycles. The van der Waals surface area contributed by atoms with Crippen molar-refractivity contribution in [3.05, 3.63) is 57.5 Å². The Morgan fingerprint density at radius 2 is 1.79 bits per heavy atom. The zero-order valence-corrected chi connectivity index (χ0v) is 21.2. The molecule has 1 N–H and O–H groups in total. The quantitative estimate of drug-likeness (QED) is 0.502. The van der Waals surface area contributed by atoms with E-state index in [1.807, 2.05) is 46.8 Å². The lowest BCUT2D eigenvalue weighted by molar-refractivity contribution is -0.127. The Morgan fingerprint density at radius 1 is 1.12 bits per heavy atom. The van der Waals surface area contributed by atoms with Gasteiger partial charge in [-0.15, -0.1) is 0 Å². The van der Waals surface area contributed by atoms with Crippen LogP contribution in [-0.2, 0) is 9.59 Å². The van der Waals surface area contributed by atoms with Crippen molar-refractivity contribution in [2.75, 3.05) is 19.0 Å². The van der Waals surface area contributed by atoms with Gasteiger partial charge in [0.1, 0.15) is 6.54 Å². The number of hydrogen-bond donors (Lipinski definition) is 1. The second-order valence-corrected chi connectivity index (χ2v) is 9.33. The smallest absolute Gasteiger partial charge is 0.294 e. The van der Waals surface area contributed by atoms with E-state index in [0.717, 1.165) is 39.8 Å². The molecule has 180 valence electrons. The minimum absolute atomic E-state index is 0.0369. The number of carbonyl (C=O) groups excluding carboxylic acids is 3. The van der Waals surface area contributed by atoms with Crippen LogP contribution in [0.2, 0.25) is 0 Å². The number of rotatable bonds is 8. The molecule has 0 radical (unpaired) electrons. The zero-order chi connectivity index (χ0) is 25.0. The molecule has 2 aromatic carbocycles. The van der Waals surface area contributed by atoms with Crippen molar-refractivity contribution in [1.29, 1.82) is 0 Å². The van der Waals surface area contributed by atoms with Gasteiger partial charge < -0.3 is 14.8 Å². The fourth-order valence-electron chi connectivity index (χ4n) is 3.66. The van der Waals surface area contributed by atoms with E-state index in [1.165, 1.54) is 0 Å². The highest BCUT2D eigenvalue weighted by molar-refractivity contribution is 8.18. The Labute approximate surface area is 204 Å². The maximum absolute atomic E-state index is 12.9. The van der Waals surface area contributed by atoms with Crippen LogP contribution in [-0.4, -0.2) is 41.7 Å². The molecule has 1 atom stereocenters. The first-order valence-corrected chi connectivity index (χ1v) is 11.9. The lowest BCUT2D eigenvalue weighted by atomic mass is 10.1. The van der Waals surface area contributed by atoms with Crippen LogP contribution in [0.4, 0.5) is 10.5 Å². The predicted molar refractivity (Wildman–Crippen MR) is 135 cm³/mol. The van der Waals surface area contributed by atoms with Crippen molar-refractivity contribution < 1.29 is 23.9 Å². The average molecular weight is 483 g/mol. The molecule has 0 aromatic heterocycles. The lowest BCUT2D eigenvalue weighted by Gasteiger charge is -2.16. The summed E-state index contributed by atoms with van der Waals surface area (Å²) in [6.45, 7) is 9.46. The second-order valence-electron chi connectivity index (χ2n) is 8.34. The van der Waals surface area contributed by atoms with E-state index in [1.54, 1.807) is 31.4 Å². The Hall–Kier alpha value is -3.26. The van der Waals surface area contributed by atoms with Crippen molar-refractivity contribution in [3.8, 4) is 11.5 Å². The third kappa shape index (κ3) is 5.80. The first-order valence-electron chi connectivity index (χ1n) is 11.1. The van der Waals surface area contributed by atoms with Crippen LogP contribution >= 0.6 is 11.8 Å². The molecule has 8 heteroatoms. The van der Waals surface area contributed by atoms with Gasteiger partial charge >= 0.3 is 0 Å². The first-order chi connectivity index (χ1) is 16.1. The molecule has 3 amide bonds. The van der Waals surface area contributed by atoms with Crippen molar-refractivity contribution in [1.82, 2.24) is 4.90 Å². The third-order valence-corrected chi connectivity index (χ3v) is 6.41. The minimum Gasteiger partial charge on any atom is -0.493 e. The highest BCUT2D eigenvalue weighted by atomic mass is 32.2. The van der Waals surface area contributed by atoms with Gasteiger partial charge in [0.15, 0.2) is 11.5 Å². The van der Waals surface area contributed by atoms with Crippen molar-refractivity contribution in [2.45, 2.75) is 47.1 Å². The summed E-state index contributed by atoms with van der Waals surface area (Å²) in [5.41, 5.74) is 4.34. The van der Waals surface area contributed by atoms with Gasteiger partial charge in [-0.1, -0.05) is 30.7 Å². The SMILES string of the molecule is CC[C@H](C)Oc1ccc(/C=C2\SC(=O)N(CC(=O)Nc3c(C)cc(C)cc3C)C2=O)cc1OC. The third-order valence-electron chi connectivity index (χ3n) is 5.51. The number of carbonyl (C=O) groups is 3. The van der Waals surface area contributed by atoms with Crippen LogP contribution in [0.5, 0.6) is 11.5 Å². The normalized spacial score (nSPS) is 15.6. The predicted octanol–water partition coefficient (Wildman–Crippen LogP) is 5.47. The molecule has 1 heterocycles. The van der Waals surface area contributed by atoms with Crippen molar-refractivity contribution >= 4 is 40.6 Å². The second kappa shape index (κ2) is 10.8. The molecule has 2 aromatic rings. The maximum Gasteiger partial charge on any atom is 0.294 e. The van der Waals surface area contributed by atoms with Gasteiger partial charge in [-0.3, -0.25) is 19.3 Å². The molecular formula is C26H30N2O5S. The van der Waals surface area contributed by atoms with Crippen LogP contribution in [0, 0.1) is 20.8 Å². The van der Waals surface area contributed by atoms with E-state index in [-0.39, 0.29) is 17.6 Å². The number of imide groups is 1. The summed E-state index contributed by atoms with van der Waals surface area (Å²) in [5, 5.41) is 2.36. The lowest BCUT2D eigenvalue weighted by Crippen LogP contribution is -2.36. The van der Waals surface area contributed by atoms with Crippen LogP contribution < -0.4 is 14.8 Å². The molecule has 34 heavy (non-hydrogen) atoms. The number of thioether (sulfide) groups is 1. The molecule has 1 aliphatic heterocycles. The Bertz CT molecular complexity index is 1130. The van der Waals surface area contributed by atoms with Gasteiger partial charge in [0.25, 0.3) is 11.1 Å². The fraction of sp³-hybridized carbons (Fsp3) is 0.346. The van der Waals surface area contributed by atoms with E-state index >= 15 is 0 Å². The molecule has 0 bridgehead atoms. The molecule has 1 aliphatic rings. The molecular weight excluding hydrogens is 452 g/mol. The van der Waals surface area contributed by atoms with E-state index in [2.05, 4.69) is 5.32 Å². The topological polar surface area (TPSA) is 84.9 Å². The highest BCUT2D eigenvalue weighted by Crippen LogP contribution is 2.35. The Balaban J connectivity index is 1.73. The van der Waals surface area contributed by atoms with Gasteiger partial charge in [-0.25, -0.2) is 0 Å². The summed E-state index contributed by atoms with van der Waals surface area (Å²) >= 11 is 0.812. The van der Waals surface area contributed by atoms with Crippen LogP contribution in [0.25, 0.3) is 6.08 Å². The molecule has 0 saturated carbocycles. The van der Waals surface area contributed by atoms with E-state index < -0.39 is 17.1 Å². The van der Waals surface area contributed by atoms with Crippen molar-refractivity contribution in [3.63, 3.8) is 0 Å². The van der Waals surface area contributed by atoms with Gasteiger partial charge in [0.05, 0.1) is 18.1 Å². The molecule has 0 unspecified atom stereocenters. The number of amides is 3. The fourth-order valence-corrected chi connectivity index (χ4v) is 4.50. The summed E-state index contributed by atoms with van der Waals surface area (Å²) in [7, 11) is 1.55. The summed E-state index contributed by atoms with van der Waals surface area (Å²) in [6.07, 6.45) is 2.51. The van der Waals surface area contributed by atoms with Crippen LogP contribution in [0.15, 0.2) is 35.2 Å². The van der Waals surface area contributed by atoms with Crippen molar-refractivity contribution in [2.24, 2.45) is 0 Å². The summed E-state index contributed by atoms with van der Waals surface area (Å²) < 4.78 is 11.3. The first kappa shape index (κ1) is 25.4.